The van der Waals surface area contributed by atoms with E-state index in [-0.39, 0.29) is 15.7 Å². The van der Waals surface area contributed by atoms with E-state index in [1.807, 2.05) is 30.0 Å². The topological polar surface area (TPSA) is 63.6 Å². The van der Waals surface area contributed by atoms with Gasteiger partial charge in [-0.25, -0.2) is 9.59 Å². The predicted molar refractivity (Wildman–Crippen MR) is 102 cm³/mol. The molecule has 2 aromatic rings. The number of esters is 1. The van der Waals surface area contributed by atoms with Gasteiger partial charge in [0.05, 0.1) is 11.1 Å². The Morgan fingerprint density at radius 2 is 1.62 bits per heavy atom. The zero-order chi connectivity index (χ0) is 19.1. The summed E-state index contributed by atoms with van der Waals surface area (Å²) in [5.41, 5.74) is 1.64. The minimum Gasteiger partial charge on any atom is -0.478 e. The van der Waals surface area contributed by atoms with E-state index in [1.165, 1.54) is 34.7 Å². The number of hydrogen-bond acceptors (Lipinski definition) is 4. The second kappa shape index (κ2) is 6.47. The Balaban J connectivity index is 1.83. The van der Waals surface area contributed by atoms with E-state index in [9.17, 15) is 9.59 Å². The Kier molecular flexibility index (Phi) is 4.61. The molecule has 0 bridgehead atoms. The number of thioether (sulfide) groups is 1. The Bertz CT molecular complexity index is 866. The molecule has 1 heterocycles. The van der Waals surface area contributed by atoms with Crippen LogP contribution >= 0.6 is 11.8 Å². The quantitative estimate of drug-likeness (QED) is 0.597. The lowest BCUT2D eigenvalue weighted by Gasteiger charge is -2.41. The van der Waals surface area contributed by atoms with Gasteiger partial charge in [-0.1, -0.05) is 27.7 Å². The maximum Gasteiger partial charge on any atom is 0.343 e. The Hall–Kier alpha value is -2.27. The van der Waals surface area contributed by atoms with Crippen molar-refractivity contribution < 1.29 is 19.4 Å². The van der Waals surface area contributed by atoms with Gasteiger partial charge in [0.1, 0.15) is 5.75 Å². The summed E-state index contributed by atoms with van der Waals surface area (Å²) in [7, 11) is 0. The van der Waals surface area contributed by atoms with Gasteiger partial charge in [-0.2, -0.15) is 0 Å². The van der Waals surface area contributed by atoms with Crippen molar-refractivity contribution in [1.82, 2.24) is 0 Å². The lowest BCUT2D eigenvalue weighted by Crippen LogP contribution is -2.33. The molecule has 136 valence electrons. The second-order valence-electron chi connectivity index (χ2n) is 7.85. The van der Waals surface area contributed by atoms with Gasteiger partial charge < -0.3 is 9.84 Å². The van der Waals surface area contributed by atoms with Crippen LogP contribution in [0.5, 0.6) is 5.75 Å². The van der Waals surface area contributed by atoms with Gasteiger partial charge in [-0.05, 0) is 59.9 Å². The van der Waals surface area contributed by atoms with Crippen molar-refractivity contribution in [2.24, 2.45) is 0 Å². The molecule has 0 unspecified atom stereocenters. The van der Waals surface area contributed by atoms with Gasteiger partial charge >= 0.3 is 11.9 Å². The van der Waals surface area contributed by atoms with Crippen molar-refractivity contribution in [3.05, 3.63) is 59.2 Å². The third-order valence-electron chi connectivity index (χ3n) is 4.51. The number of rotatable bonds is 3. The molecule has 0 aliphatic carbocycles. The van der Waals surface area contributed by atoms with Crippen molar-refractivity contribution in [3.63, 3.8) is 0 Å². The molecule has 1 aliphatic heterocycles. The van der Waals surface area contributed by atoms with Crippen LogP contribution in [0.25, 0.3) is 0 Å². The maximum atomic E-state index is 12.4. The smallest absolute Gasteiger partial charge is 0.343 e. The van der Waals surface area contributed by atoms with Crippen LogP contribution in [-0.4, -0.2) is 21.8 Å². The minimum absolute atomic E-state index is 0.00433. The summed E-state index contributed by atoms with van der Waals surface area (Å²) >= 11 is 1.85. The molecule has 3 rings (SSSR count). The summed E-state index contributed by atoms with van der Waals surface area (Å²) in [6.07, 6.45) is 1.03. The number of benzene rings is 2. The number of carboxylic acid groups (broad SMARTS) is 1. The molecule has 0 saturated carbocycles. The van der Waals surface area contributed by atoms with Gasteiger partial charge in [0.15, 0.2) is 0 Å². The zero-order valence-corrected chi connectivity index (χ0v) is 16.1. The minimum atomic E-state index is -1.03. The molecule has 0 fully saturated rings. The van der Waals surface area contributed by atoms with E-state index in [4.69, 9.17) is 9.84 Å². The molecular weight excluding hydrogens is 348 g/mol. The fraction of sp³-hybridized carbons (Fsp3) is 0.333. The van der Waals surface area contributed by atoms with Crippen molar-refractivity contribution >= 4 is 23.7 Å². The van der Waals surface area contributed by atoms with Crippen LogP contribution in [0.3, 0.4) is 0 Å². The molecule has 1 N–H and O–H groups in total. The van der Waals surface area contributed by atoms with E-state index in [2.05, 4.69) is 27.7 Å². The van der Waals surface area contributed by atoms with E-state index in [0.29, 0.717) is 11.3 Å². The molecule has 1 aliphatic rings. The molecular formula is C21H22O4S. The summed E-state index contributed by atoms with van der Waals surface area (Å²) in [4.78, 5) is 24.5. The number of fused-ring (bicyclic) bond motifs is 1. The normalized spacial score (nSPS) is 17.2. The molecule has 0 saturated heterocycles. The monoisotopic (exact) mass is 370 g/mol. The highest BCUT2D eigenvalue weighted by Crippen LogP contribution is 2.51. The van der Waals surface area contributed by atoms with E-state index >= 15 is 0 Å². The van der Waals surface area contributed by atoms with Gasteiger partial charge in [-0.3, -0.25) is 0 Å². The van der Waals surface area contributed by atoms with Crippen LogP contribution in [0.15, 0.2) is 47.4 Å². The maximum absolute atomic E-state index is 12.4. The highest BCUT2D eigenvalue weighted by molar-refractivity contribution is 8.00. The van der Waals surface area contributed by atoms with Gasteiger partial charge in [0.2, 0.25) is 0 Å². The fourth-order valence-electron chi connectivity index (χ4n) is 3.60. The predicted octanol–water partition coefficient (Wildman–Crippen LogP) is 5.16. The van der Waals surface area contributed by atoms with E-state index < -0.39 is 11.9 Å². The van der Waals surface area contributed by atoms with Crippen LogP contribution < -0.4 is 4.74 Å². The van der Waals surface area contributed by atoms with Crippen LogP contribution in [0, 0.1) is 0 Å². The average Bonchev–Trinajstić information content (AvgIpc) is 2.54. The van der Waals surface area contributed by atoms with Crippen molar-refractivity contribution in [2.75, 3.05) is 0 Å². The third kappa shape index (κ3) is 3.78. The molecule has 0 radical (unpaired) electrons. The molecule has 0 atom stereocenters. The highest BCUT2D eigenvalue weighted by atomic mass is 32.2. The standard InChI is InChI=1S/C21H22O4S/c1-20(2)12-21(3,4)26-17-10-9-15(11-16(17)20)25-19(24)14-7-5-13(6-8-14)18(22)23/h5-11H,12H2,1-4H3,(H,22,23). The molecule has 2 aromatic carbocycles. The number of aromatic carboxylic acids is 1. The molecule has 0 aromatic heterocycles. The highest BCUT2D eigenvalue weighted by Gasteiger charge is 2.38. The second-order valence-corrected chi connectivity index (χ2v) is 9.60. The fourth-order valence-corrected chi connectivity index (χ4v) is 5.21. The summed E-state index contributed by atoms with van der Waals surface area (Å²) in [6, 6.07) is 11.5. The SMILES string of the molecule is CC1(C)CC(C)(C)c2cc(OC(=O)c3ccc(C(=O)O)cc3)ccc2S1. The number of carbonyl (C=O) groups excluding carboxylic acids is 1. The van der Waals surface area contributed by atoms with Gasteiger partial charge in [0, 0.05) is 9.64 Å². The Morgan fingerprint density at radius 3 is 2.23 bits per heavy atom. The Labute approximate surface area is 157 Å². The molecule has 0 amide bonds. The first-order valence-electron chi connectivity index (χ1n) is 8.46. The first kappa shape index (κ1) is 18.5. The first-order valence-corrected chi connectivity index (χ1v) is 9.28. The van der Waals surface area contributed by atoms with Crippen LogP contribution in [0.1, 0.15) is 60.4 Å². The number of carbonyl (C=O) groups is 2. The Morgan fingerprint density at radius 1 is 1.00 bits per heavy atom. The van der Waals surface area contributed by atoms with Crippen LogP contribution in [-0.2, 0) is 5.41 Å². The number of ether oxygens (including phenoxy) is 1. The van der Waals surface area contributed by atoms with Crippen molar-refractivity contribution in [1.29, 1.82) is 0 Å². The molecule has 4 nitrogen and oxygen atoms in total. The average molecular weight is 370 g/mol. The molecule has 26 heavy (non-hydrogen) atoms. The first-order chi connectivity index (χ1) is 12.1. The number of carboxylic acids is 1. The van der Waals surface area contributed by atoms with Crippen LogP contribution in [0.4, 0.5) is 0 Å². The van der Waals surface area contributed by atoms with Gasteiger partial charge in [-0.15, -0.1) is 11.8 Å². The zero-order valence-electron chi connectivity index (χ0n) is 15.3. The van der Waals surface area contributed by atoms with E-state index in [1.54, 1.807) is 0 Å². The summed E-state index contributed by atoms with van der Waals surface area (Å²) < 4.78 is 5.68. The lowest BCUT2D eigenvalue weighted by atomic mass is 9.77. The van der Waals surface area contributed by atoms with Crippen molar-refractivity contribution in [3.8, 4) is 5.75 Å². The third-order valence-corrected chi connectivity index (χ3v) is 5.79. The van der Waals surface area contributed by atoms with Crippen LogP contribution in [0.2, 0.25) is 0 Å². The molecule has 5 heteroatoms. The lowest BCUT2D eigenvalue weighted by molar-refractivity contribution is 0.0691. The van der Waals surface area contributed by atoms with Crippen molar-refractivity contribution in [2.45, 2.75) is 49.2 Å². The van der Waals surface area contributed by atoms with Gasteiger partial charge in [0.25, 0.3) is 0 Å². The summed E-state index contributed by atoms with van der Waals surface area (Å²) in [5, 5.41) is 8.93. The van der Waals surface area contributed by atoms with E-state index in [0.717, 1.165) is 6.42 Å². The largest absolute Gasteiger partial charge is 0.478 e. The summed E-state index contributed by atoms with van der Waals surface area (Å²) in [5.74, 6) is -1.02. The summed E-state index contributed by atoms with van der Waals surface area (Å²) in [6.45, 7) is 8.92. The molecule has 0 spiro atoms. The number of hydrogen-bond donors (Lipinski definition) is 1.